The van der Waals surface area contributed by atoms with E-state index in [2.05, 4.69) is 24.1 Å². The van der Waals surface area contributed by atoms with E-state index in [4.69, 9.17) is 28.9 Å². The summed E-state index contributed by atoms with van der Waals surface area (Å²) in [7, 11) is 1.47. The highest BCUT2D eigenvalue weighted by atomic mass is 16.7. The number of fused-ring (bicyclic) bond motifs is 1. The minimum Gasteiger partial charge on any atom is -0.507 e. The molecule has 15 heteroatoms. The van der Waals surface area contributed by atoms with E-state index in [9.17, 15) is 34.8 Å². The summed E-state index contributed by atoms with van der Waals surface area (Å²) >= 11 is 0. The topological polar surface area (TPSA) is 209 Å². The lowest BCUT2D eigenvalue weighted by atomic mass is 9.78. The molecule has 0 aliphatic carbocycles. The van der Waals surface area contributed by atoms with Gasteiger partial charge >= 0.3 is 11.8 Å². The molecule has 5 N–H and O–H groups in total. The number of aromatic hydroxyl groups is 2. The molecule has 0 aromatic heterocycles. The standard InChI is InChI=1S/C46H62N4O11/c1-22(2)21-50-18-16-46(17-19-50)48-34-31-32-39(54)28(8)42-33(31)43(56)45(10,61-42)59-20-15-30(58-11)25(5)41(60-29(9)51)27(7)38(53)26(6)37(52)23(3)13-12-14-24(4)44(57)47-36(40(32)55)35(34)49-46/h12-15,20,22-23,25-27,30,37-38,41,52-55H,16-19,21H2,1-11H3,(H,47,57)/b13-12?,20-15+,24-14?/t23-,25+,26+,27+,30-,37-,38+,41+,45-/m0/s1. The lowest BCUT2D eigenvalue weighted by Gasteiger charge is -2.38. The van der Waals surface area contributed by atoms with E-state index in [-0.39, 0.29) is 55.4 Å². The van der Waals surface area contributed by atoms with Gasteiger partial charge in [-0.1, -0.05) is 59.8 Å². The molecule has 15 nitrogen and oxygen atoms in total. The quantitative estimate of drug-likeness (QED) is 0.209. The van der Waals surface area contributed by atoms with E-state index in [0.717, 1.165) is 6.54 Å². The van der Waals surface area contributed by atoms with Gasteiger partial charge in [-0.3, -0.25) is 24.4 Å². The Morgan fingerprint density at radius 2 is 1.62 bits per heavy atom. The first-order valence-corrected chi connectivity index (χ1v) is 21.2. The molecule has 0 radical (unpaired) electrons. The summed E-state index contributed by atoms with van der Waals surface area (Å²) < 4.78 is 24.0. The predicted molar refractivity (Wildman–Crippen MR) is 228 cm³/mol. The van der Waals surface area contributed by atoms with E-state index in [1.165, 1.54) is 27.2 Å². The van der Waals surface area contributed by atoms with Crippen LogP contribution in [0, 0.1) is 36.5 Å². The number of benzene rings is 2. The van der Waals surface area contributed by atoms with E-state index >= 15 is 0 Å². The number of allylic oxidation sites excluding steroid dienone is 2. The molecule has 1 fully saturated rings. The number of ketones is 1. The van der Waals surface area contributed by atoms with Crippen molar-refractivity contribution in [2.24, 2.45) is 39.6 Å². The van der Waals surface area contributed by atoms with Gasteiger partial charge in [0.1, 0.15) is 28.6 Å². The van der Waals surface area contributed by atoms with Crippen molar-refractivity contribution in [2.75, 3.05) is 32.1 Å². The van der Waals surface area contributed by atoms with Gasteiger partial charge in [0.15, 0.2) is 11.4 Å². The zero-order chi connectivity index (χ0) is 44.9. The molecule has 61 heavy (non-hydrogen) atoms. The number of hydrogen-bond donors (Lipinski definition) is 5. The zero-order valence-electron chi connectivity index (χ0n) is 37.1. The molecule has 4 aliphatic rings. The fraction of sp³-hybridized carbons (Fsp3) is 0.587. The highest BCUT2D eigenvalue weighted by Gasteiger charge is 2.50. The van der Waals surface area contributed by atoms with Gasteiger partial charge in [-0.15, -0.1) is 0 Å². The zero-order valence-corrected chi connectivity index (χ0v) is 37.1. The number of ether oxygens (including phenoxy) is 4. The number of aliphatic hydroxyl groups excluding tert-OH is 2. The van der Waals surface area contributed by atoms with E-state index in [0.29, 0.717) is 31.8 Å². The number of phenolic OH excluding ortho intramolecular Hbond substituents is 2. The molecule has 9 atom stereocenters. The van der Waals surface area contributed by atoms with Crippen molar-refractivity contribution in [3.8, 4) is 17.2 Å². The van der Waals surface area contributed by atoms with Crippen LogP contribution in [0.1, 0.15) is 91.1 Å². The Morgan fingerprint density at radius 1 is 0.967 bits per heavy atom. The van der Waals surface area contributed by atoms with Crippen LogP contribution in [0.4, 0.5) is 5.69 Å². The Hall–Kier alpha value is -4.83. The molecule has 2 aromatic rings. The highest BCUT2D eigenvalue weighted by Crippen LogP contribution is 2.50. The second-order valence-corrected chi connectivity index (χ2v) is 18.0. The molecule has 6 rings (SSSR count). The number of piperidine rings is 1. The van der Waals surface area contributed by atoms with E-state index in [1.807, 2.05) is 0 Å². The molecular formula is C46H62N4O11. The number of phenols is 2. The molecule has 332 valence electrons. The van der Waals surface area contributed by atoms with Gasteiger partial charge in [-0.05, 0) is 25.8 Å². The van der Waals surface area contributed by atoms with Crippen molar-refractivity contribution in [2.45, 2.75) is 118 Å². The SMILES string of the molecule is CO[C@H]1/C=C/O[C@@]2(C)Oc3c(C)c(O)c4c(O)c(c5c(c4c3C2=O)=NC2(CCN(CC(C)C)CC2)N=5)NC(=O)C(C)=CC=C[C@H](C)[C@H](O)[C@@H](C)[C@@H](O)[C@@H](C)[C@H](OC(C)=O)[C@@H]1C. The monoisotopic (exact) mass is 846 g/mol. The smallest absolute Gasteiger partial charge is 0.312 e. The lowest BCUT2D eigenvalue weighted by Crippen LogP contribution is -2.46. The average Bonchev–Trinajstić information content (AvgIpc) is 3.71. The normalized spacial score (nSPS) is 31.3. The summed E-state index contributed by atoms with van der Waals surface area (Å²) in [5, 5.41) is 50.2. The van der Waals surface area contributed by atoms with E-state index in [1.54, 1.807) is 65.8 Å². The summed E-state index contributed by atoms with van der Waals surface area (Å²) in [6, 6.07) is 0. The first kappa shape index (κ1) is 45.7. The van der Waals surface area contributed by atoms with Crippen LogP contribution in [-0.4, -0.2) is 106 Å². The number of methoxy groups -OCH3 is 1. The number of carbonyl (C=O) groups excluding carboxylic acids is 3. The Morgan fingerprint density at radius 3 is 2.25 bits per heavy atom. The van der Waals surface area contributed by atoms with Crippen molar-refractivity contribution in [1.82, 2.24) is 4.90 Å². The maximum absolute atomic E-state index is 14.7. The second-order valence-electron chi connectivity index (χ2n) is 18.0. The number of Topliss-reactive ketones (excluding diaryl/α,β-unsaturated/α-hetero) is 1. The van der Waals surface area contributed by atoms with E-state index < -0.39 is 82.9 Å². The summed E-state index contributed by atoms with van der Waals surface area (Å²) in [5.74, 6) is -6.44. The molecule has 1 saturated heterocycles. The number of amides is 1. The van der Waals surface area contributed by atoms with Crippen LogP contribution >= 0.6 is 0 Å². The van der Waals surface area contributed by atoms with Crippen molar-refractivity contribution >= 4 is 34.1 Å². The highest BCUT2D eigenvalue weighted by molar-refractivity contribution is 6.19. The van der Waals surface area contributed by atoms with Crippen LogP contribution in [-0.2, 0) is 23.8 Å². The van der Waals surface area contributed by atoms with Crippen LogP contribution in [0.25, 0.3) is 10.8 Å². The summed E-state index contributed by atoms with van der Waals surface area (Å²) in [4.78, 5) is 53.7. The summed E-state index contributed by atoms with van der Waals surface area (Å²) in [5.41, 5.74) is -0.572. The molecule has 4 aliphatic heterocycles. The fourth-order valence-electron chi connectivity index (χ4n) is 9.20. The third-order valence-electron chi connectivity index (χ3n) is 12.9. The number of likely N-dealkylation sites (tertiary alicyclic amines) is 1. The van der Waals surface area contributed by atoms with Crippen LogP contribution < -0.4 is 20.8 Å². The molecular weight excluding hydrogens is 785 g/mol. The van der Waals surface area contributed by atoms with Crippen LogP contribution in [0.15, 0.2) is 46.1 Å². The van der Waals surface area contributed by atoms with Gasteiger partial charge < -0.3 is 49.6 Å². The lowest BCUT2D eigenvalue weighted by molar-refractivity contribution is -0.160. The van der Waals surface area contributed by atoms with Crippen molar-refractivity contribution in [3.63, 3.8) is 0 Å². The number of aliphatic hydroxyl groups is 2. The van der Waals surface area contributed by atoms with Gasteiger partial charge in [-0.2, -0.15) is 0 Å². The molecule has 1 amide bonds. The van der Waals surface area contributed by atoms with Gasteiger partial charge in [0, 0.05) is 93.6 Å². The van der Waals surface area contributed by atoms with Gasteiger partial charge in [-0.25, -0.2) is 0 Å². The summed E-state index contributed by atoms with van der Waals surface area (Å²) in [6.45, 7) is 19.5. The Labute approximate surface area is 356 Å². The Kier molecular flexibility index (Phi) is 13.1. The fourth-order valence-corrected chi connectivity index (χ4v) is 9.20. The first-order valence-electron chi connectivity index (χ1n) is 21.2. The second kappa shape index (κ2) is 17.5. The van der Waals surface area contributed by atoms with Crippen LogP contribution in [0.3, 0.4) is 0 Å². The first-order chi connectivity index (χ1) is 28.6. The van der Waals surface area contributed by atoms with Gasteiger partial charge in [0.05, 0.1) is 40.9 Å². The maximum Gasteiger partial charge on any atom is 0.312 e. The number of anilines is 1. The molecule has 1 spiro atoms. The molecule has 4 heterocycles. The van der Waals surface area contributed by atoms with Gasteiger partial charge in [0.25, 0.3) is 11.7 Å². The number of nitrogens with one attached hydrogen (secondary N) is 1. The largest absolute Gasteiger partial charge is 0.507 e. The van der Waals surface area contributed by atoms with Crippen molar-refractivity contribution in [1.29, 1.82) is 0 Å². The third kappa shape index (κ3) is 8.54. The Bertz CT molecular complexity index is 2300. The molecule has 4 bridgehead atoms. The van der Waals surface area contributed by atoms with Gasteiger partial charge in [0.2, 0.25) is 0 Å². The minimum atomic E-state index is -1.96. The molecule has 2 aromatic carbocycles. The number of rotatable bonds is 4. The number of nitrogens with zero attached hydrogens (tertiary/aromatic N) is 3. The number of esters is 1. The minimum absolute atomic E-state index is 0.0364. The number of hydrogen-bond acceptors (Lipinski definition) is 14. The summed E-state index contributed by atoms with van der Waals surface area (Å²) in [6.07, 6.45) is 5.04. The molecule has 0 saturated carbocycles. The average molecular weight is 847 g/mol. The van der Waals surface area contributed by atoms with Crippen molar-refractivity contribution in [3.05, 3.63) is 58.0 Å². The Balaban J connectivity index is 1.54. The van der Waals surface area contributed by atoms with Crippen molar-refractivity contribution < 1.29 is 53.8 Å². The third-order valence-corrected chi connectivity index (χ3v) is 12.9. The predicted octanol–water partition coefficient (Wildman–Crippen LogP) is 4.75. The van der Waals surface area contributed by atoms with Crippen LogP contribution in [0.2, 0.25) is 0 Å². The maximum atomic E-state index is 14.7. The molecule has 0 unspecified atom stereocenters. The van der Waals surface area contributed by atoms with Crippen LogP contribution in [0.5, 0.6) is 17.2 Å². The number of carbonyl (C=O) groups is 3.